The van der Waals surface area contributed by atoms with Crippen molar-refractivity contribution in [3.05, 3.63) is 84.8 Å². The highest BCUT2D eigenvalue weighted by molar-refractivity contribution is 5.78. The van der Waals surface area contributed by atoms with E-state index in [-0.39, 0.29) is 18.2 Å². The lowest BCUT2D eigenvalue weighted by molar-refractivity contribution is -0.132. The molecule has 0 N–H and O–H groups in total. The van der Waals surface area contributed by atoms with E-state index in [0.29, 0.717) is 18.8 Å². The van der Waals surface area contributed by atoms with Crippen LogP contribution in [0.2, 0.25) is 0 Å². The molecule has 2 aromatic heterocycles. The van der Waals surface area contributed by atoms with Gasteiger partial charge in [-0.15, -0.1) is 0 Å². The van der Waals surface area contributed by atoms with Gasteiger partial charge in [-0.05, 0) is 42.0 Å². The van der Waals surface area contributed by atoms with E-state index in [2.05, 4.69) is 9.88 Å². The Kier molecular flexibility index (Phi) is 6.43. The van der Waals surface area contributed by atoms with Gasteiger partial charge in [0.1, 0.15) is 12.4 Å². The minimum absolute atomic E-state index is 0.00851. The van der Waals surface area contributed by atoms with Gasteiger partial charge in [-0.25, -0.2) is 9.37 Å². The van der Waals surface area contributed by atoms with Gasteiger partial charge in [0, 0.05) is 37.9 Å². The normalized spacial score (nSPS) is 13.7. The third kappa shape index (κ3) is 4.87. The minimum Gasteiger partial charge on any atom is -0.494 e. The molecule has 3 heterocycles. The van der Waals surface area contributed by atoms with E-state index in [1.165, 1.54) is 13.2 Å². The zero-order valence-corrected chi connectivity index (χ0v) is 19.5. The summed E-state index contributed by atoms with van der Waals surface area (Å²) < 4.78 is 20.8. The number of benzene rings is 2. The molecule has 2 aromatic carbocycles. The number of nitrogens with zero attached hydrogens (tertiary/aromatic N) is 5. The number of anilines is 1. The second-order valence-electron chi connectivity index (χ2n) is 8.34. The molecule has 8 heteroatoms. The zero-order chi connectivity index (χ0) is 24.2. The van der Waals surface area contributed by atoms with E-state index in [9.17, 15) is 9.18 Å². The highest BCUT2D eigenvalue weighted by atomic mass is 19.1. The Balaban J connectivity index is 1.37. The lowest BCUT2D eigenvalue weighted by Gasteiger charge is -2.35. The van der Waals surface area contributed by atoms with Crippen LogP contribution in [-0.4, -0.2) is 58.9 Å². The van der Waals surface area contributed by atoms with Crippen LogP contribution < -0.4 is 9.64 Å². The first kappa shape index (κ1) is 22.6. The highest BCUT2D eigenvalue weighted by Crippen LogP contribution is 2.29. The summed E-state index contributed by atoms with van der Waals surface area (Å²) >= 11 is 0. The Morgan fingerprint density at radius 1 is 0.943 bits per heavy atom. The van der Waals surface area contributed by atoms with Gasteiger partial charge in [-0.3, -0.25) is 9.48 Å². The number of rotatable bonds is 6. The highest BCUT2D eigenvalue weighted by Gasteiger charge is 2.23. The standard InChI is InChI=1S/C27H26FN5O2/c1-35-25-17-21(10-11-22(25)28)23-18-24(20-7-3-2-4-8-20)33(30-23)19-27(34)32-15-13-31(14-16-32)26-9-5-6-12-29-26/h2-12,17-18H,13-16,19H2,1H3. The number of aromatic nitrogens is 3. The average Bonchev–Trinajstić information content (AvgIpc) is 3.33. The molecular weight excluding hydrogens is 445 g/mol. The molecule has 1 saturated heterocycles. The maximum Gasteiger partial charge on any atom is 0.244 e. The summed E-state index contributed by atoms with van der Waals surface area (Å²) in [6.45, 7) is 2.83. The molecule has 0 unspecified atom stereocenters. The number of halogens is 1. The van der Waals surface area contributed by atoms with E-state index in [4.69, 9.17) is 9.84 Å². The lowest BCUT2D eigenvalue weighted by atomic mass is 10.1. The van der Waals surface area contributed by atoms with E-state index < -0.39 is 5.82 Å². The number of hydrogen-bond donors (Lipinski definition) is 0. The van der Waals surface area contributed by atoms with E-state index in [1.807, 2.05) is 59.5 Å². The number of pyridine rings is 1. The molecule has 0 radical (unpaired) electrons. The average molecular weight is 472 g/mol. The Morgan fingerprint density at radius 3 is 2.43 bits per heavy atom. The van der Waals surface area contributed by atoms with Crippen molar-refractivity contribution in [2.24, 2.45) is 0 Å². The summed E-state index contributed by atoms with van der Waals surface area (Å²) in [4.78, 5) is 21.7. The van der Waals surface area contributed by atoms with Gasteiger partial charge in [0.15, 0.2) is 11.6 Å². The molecule has 178 valence electrons. The molecule has 7 nitrogen and oxygen atoms in total. The number of carbonyl (C=O) groups is 1. The molecule has 0 spiro atoms. The number of hydrogen-bond acceptors (Lipinski definition) is 5. The topological polar surface area (TPSA) is 63.5 Å². The van der Waals surface area contributed by atoms with E-state index in [0.717, 1.165) is 35.7 Å². The molecule has 35 heavy (non-hydrogen) atoms. The van der Waals surface area contributed by atoms with Crippen LogP contribution >= 0.6 is 0 Å². The van der Waals surface area contributed by atoms with Gasteiger partial charge in [0.05, 0.1) is 18.5 Å². The van der Waals surface area contributed by atoms with Gasteiger partial charge < -0.3 is 14.5 Å². The maximum atomic E-state index is 13.9. The third-order valence-electron chi connectivity index (χ3n) is 6.19. The van der Waals surface area contributed by atoms with Gasteiger partial charge in [-0.1, -0.05) is 36.4 Å². The van der Waals surface area contributed by atoms with Crippen molar-refractivity contribution in [1.82, 2.24) is 19.7 Å². The first-order valence-corrected chi connectivity index (χ1v) is 11.5. The van der Waals surface area contributed by atoms with Crippen molar-refractivity contribution in [3.63, 3.8) is 0 Å². The smallest absolute Gasteiger partial charge is 0.244 e. The van der Waals surface area contributed by atoms with Crippen molar-refractivity contribution in [2.45, 2.75) is 6.54 Å². The van der Waals surface area contributed by atoms with Gasteiger partial charge in [-0.2, -0.15) is 5.10 Å². The molecule has 1 aliphatic heterocycles. The van der Waals surface area contributed by atoms with Gasteiger partial charge in [0.2, 0.25) is 5.91 Å². The quantitative estimate of drug-likeness (QED) is 0.424. The van der Waals surface area contributed by atoms with Crippen LogP contribution in [0, 0.1) is 5.82 Å². The molecule has 0 aliphatic carbocycles. The van der Waals surface area contributed by atoms with Gasteiger partial charge in [0.25, 0.3) is 0 Å². The van der Waals surface area contributed by atoms with Crippen LogP contribution in [-0.2, 0) is 11.3 Å². The summed E-state index contributed by atoms with van der Waals surface area (Å²) in [5.74, 6) is 0.658. The Morgan fingerprint density at radius 2 is 1.71 bits per heavy atom. The second-order valence-corrected chi connectivity index (χ2v) is 8.34. The molecular formula is C27H26FN5O2. The monoisotopic (exact) mass is 471 g/mol. The Labute approximate surface area is 203 Å². The molecule has 0 bridgehead atoms. The van der Waals surface area contributed by atoms with Crippen molar-refractivity contribution in [1.29, 1.82) is 0 Å². The first-order valence-electron chi connectivity index (χ1n) is 11.5. The van der Waals surface area contributed by atoms with Gasteiger partial charge >= 0.3 is 0 Å². The van der Waals surface area contributed by atoms with Crippen molar-refractivity contribution in [2.75, 3.05) is 38.2 Å². The summed E-state index contributed by atoms with van der Waals surface area (Å²) in [7, 11) is 1.43. The van der Waals surface area contributed by atoms with Crippen molar-refractivity contribution < 1.29 is 13.9 Å². The fraction of sp³-hybridized carbons (Fsp3) is 0.222. The van der Waals surface area contributed by atoms with Crippen molar-refractivity contribution in [3.8, 4) is 28.3 Å². The number of amides is 1. The van der Waals surface area contributed by atoms with E-state index >= 15 is 0 Å². The van der Waals surface area contributed by atoms with Crippen molar-refractivity contribution >= 4 is 11.7 Å². The van der Waals surface area contributed by atoms with Crippen LogP contribution in [0.5, 0.6) is 5.75 Å². The second kappa shape index (κ2) is 9.97. The molecule has 0 saturated carbocycles. The predicted molar refractivity (Wildman–Crippen MR) is 133 cm³/mol. The molecule has 5 rings (SSSR count). The number of methoxy groups -OCH3 is 1. The predicted octanol–water partition coefficient (Wildman–Crippen LogP) is 4.11. The number of carbonyl (C=O) groups excluding carboxylic acids is 1. The summed E-state index contributed by atoms with van der Waals surface area (Å²) in [5.41, 5.74) is 3.14. The largest absolute Gasteiger partial charge is 0.494 e. The van der Waals surface area contributed by atoms with Crippen LogP contribution in [0.25, 0.3) is 22.5 Å². The van der Waals surface area contributed by atoms with E-state index in [1.54, 1.807) is 23.0 Å². The summed E-state index contributed by atoms with van der Waals surface area (Å²) in [6.07, 6.45) is 1.78. The SMILES string of the molecule is COc1cc(-c2cc(-c3ccccc3)n(CC(=O)N3CCN(c4ccccn4)CC3)n2)ccc1F. The molecule has 4 aromatic rings. The number of ether oxygens (including phenoxy) is 1. The zero-order valence-electron chi connectivity index (χ0n) is 19.5. The summed E-state index contributed by atoms with van der Waals surface area (Å²) in [6, 6.07) is 22.2. The fourth-order valence-electron chi connectivity index (χ4n) is 4.29. The third-order valence-corrected chi connectivity index (χ3v) is 6.19. The van der Waals surface area contributed by atoms with Crippen LogP contribution in [0.3, 0.4) is 0 Å². The summed E-state index contributed by atoms with van der Waals surface area (Å²) in [5, 5.41) is 4.73. The molecule has 1 amide bonds. The van der Waals surface area contributed by atoms with Crippen LogP contribution in [0.1, 0.15) is 0 Å². The van der Waals surface area contributed by atoms with Crippen LogP contribution in [0.4, 0.5) is 10.2 Å². The lowest BCUT2D eigenvalue weighted by Crippen LogP contribution is -2.49. The minimum atomic E-state index is -0.431. The Bertz CT molecular complexity index is 1300. The molecule has 0 atom stereocenters. The Hall–Kier alpha value is -4.20. The van der Waals surface area contributed by atoms with Crippen LogP contribution in [0.15, 0.2) is 79.0 Å². The maximum absolute atomic E-state index is 13.9. The molecule has 1 fully saturated rings. The first-order chi connectivity index (χ1) is 17.1. The number of piperazine rings is 1. The molecule has 1 aliphatic rings. The fourth-order valence-corrected chi connectivity index (χ4v) is 4.29.